The van der Waals surface area contributed by atoms with Gasteiger partial charge >= 0.3 is 0 Å². The average Bonchev–Trinajstić information content (AvgIpc) is 2.75. The number of imidazole rings is 1. The van der Waals surface area contributed by atoms with E-state index in [1.165, 1.54) is 0 Å². The average molecular weight is 257 g/mol. The summed E-state index contributed by atoms with van der Waals surface area (Å²) in [5, 5.41) is 10.5. The smallest absolute Gasteiger partial charge is 0.0952 e. The first-order valence-electron chi connectivity index (χ1n) is 4.75. The molecule has 0 saturated heterocycles. The van der Waals surface area contributed by atoms with E-state index < -0.39 is 0 Å². The lowest BCUT2D eigenvalue weighted by atomic mass is 10.1. The van der Waals surface area contributed by atoms with Crippen molar-refractivity contribution in [1.29, 1.82) is 0 Å². The minimum Gasteiger partial charge on any atom is -0.394 e. The molecular formula is C11H10Cl2N2O. The highest BCUT2D eigenvalue weighted by Gasteiger charge is 2.15. The lowest BCUT2D eigenvalue weighted by molar-refractivity contribution is 0.249. The van der Waals surface area contributed by atoms with Gasteiger partial charge in [0.05, 0.1) is 19.0 Å². The molecule has 0 spiro atoms. The van der Waals surface area contributed by atoms with E-state index in [4.69, 9.17) is 23.2 Å². The van der Waals surface area contributed by atoms with E-state index in [9.17, 15) is 5.11 Å². The van der Waals surface area contributed by atoms with Crippen LogP contribution in [0.25, 0.3) is 0 Å². The van der Waals surface area contributed by atoms with Crippen molar-refractivity contribution in [1.82, 2.24) is 9.55 Å². The molecule has 1 N–H and O–H groups in total. The topological polar surface area (TPSA) is 38.0 Å². The summed E-state index contributed by atoms with van der Waals surface area (Å²) in [5.41, 5.74) is 0.826. The summed E-state index contributed by atoms with van der Waals surface area (Å²) in [6.45, 7) is -0.0439. The molecule has 0 fully saturated rings. The second-order valence-corrected chi connectivity index (χ2v) is 4.22. The summed E-state index contributed by atoms with van der Waals surface area (Å²) < 4.78 is 1.80. The van der Waals surface area contributed by atoms with Crippen molar-refractivity contribution in [3.05, 3.63) is 52.5 Å². The number of hydrogen-bond acceptors (Lipinski definition) is 2. The van der Waals surface area contributed by atoms with Crippen LogP contribution in [0.2, 0.25) is 10.0 Å². The highest BCUT2D eigenvalue weighted by atomic mass is 35.5. The largest absolute Gasteiger partial charge is 0.394 e. The molecule has 0 radical (unpaired) electrons. The zero-order valence-corrected chi connectivity index (χ0v) is 9.86. The number of aromatic nitrogens is 2. The van der Waals surface area contributed by atoms with Gasteiger partial charge < -0.3 is 9.67 Å². The Hall–Kier alpha value is -1.03. The number of halogens is 2. The van der Waals surface area contributed by atoms with E-state index in [0.29, 0.717) is 10.0 Å². The Morgan fingerprint density at radius 1 is 1.38 bits per heavy atom. The summed E-state index contributed by atoms with van der Waals surface area (Å²) in [6, 6.07) is 5.00. The fourth-order valence-corrected chi connectivity index (χ4v) is 2.11. The molecule has 2 aromatic rings. The van der Waals surface area contributed by atoms with E-state index in [1.807, 2.05) is 6.07 Å². The third kappa shape index (κ3) is 2.21. The number of benzene rings is 1. The highest BCUT2D eigenvalue weighted by molar-refractivity contribution is 6.35. The molecule has 3 nitrogen and oxygen atoms in total. The van der Waals surface area contributed by atoms with Gasteiger partial charge in [0.1, 0.15) is 0 Å². The normalized spacial score (nSPS) is 12.7. The highest BCUT2D eigenvalue weighted by Crippen LogP contribution is 2.28. The van der Waals surface area contributed by atoms with Gasteiger partial charge in [0.25, 0.3) is 0 Å². The van der Waals surface area contributed by atoms with E-state index in [0.717, 1.165) is 5.56 Å². The van der Waals surface area contributed by atoms with Crippen molar-refractivity contribution in [2.24, 2.45) is 0 Å². The van der Waals surface area contributed by atoms with Crippen LogP contribution >= 0.6 is 23.2 Å². The monoisotopic (exact) mass is 256 g/mol. The zero-order chi connectivity index (χ0) is 11.5. The predicted molar refractivity (Wildman–Crippen MR) is 63.9 cm³/mol. The molecule has 0 saturated carbocycles. The number of aliphatic hydroxyl groups excluding tert-OH is 1. The number of hydrogen-bond donors (Lipinski definition) is 1. The minimum atomic E-state index is -0.229. The van der Waals surface area contributed by atoms with E-state index in [2.05, 4.69) is 4.98 Å². The van der Waals surface area contributed by atoms with Crippen molar-refractivity contribution in [2.75, 3.05) is 6.61 Å². The Morgan fingerprint density at radius 3 is 2.75 bits per heavy atom. The molecule has 0 aliphatic carbocycles. The van der Waals surface area contributed by atoms with Crippen LogP contribution in [-0.4, -0.2) is 21.3 Å². The van der Waals surface area contributed by atoms with Crippen LogP contribution in [0.4, 0.5) is 0 Å². The van der Waals surface area contributed by atoms with Gasteiger partial charge in [0, 0.05) is 22.4 Å². The van der Waals surface area contributed by atoms with Crippen LogP contribution in [-0.2, 0) is 0 Å². The summed E-state index contributed by atoms with van der Waals surface area (Å²) >= 11 is 11.9. The van der Waals surface area contributed by atoms with Crippen LogP contribution in [0.15, 0.2) is 36.9 Å². The van der Waals surface area contributed by atoms with Gasteiger partial charge in [-0.1, -0.05) is 29.3 Å². The summed E-state index contributed by atoms with van der Waals surface area (Å²) in [7, 11) is 0. The molecule has 0 bridgehead atoms. The fourth-order valence-electron chi connectivity index (χ4n) is 1.58. The molecule has 1 aromatic carbocycles. The SMILES string of the molecule is OC[C@H](c1ccc(Cl)cc1Cl)n1ccnc1. The van der Waals surface area contributed by atoms with Crippen LogP contribution in [0, 0.1) is 0 Å². The fraction of sp³-hybridized carbons (Fsp3) is 0.182. The van der Waals surface area contributed by atoms with Gasteiger partial charge in [0.15, 0.2) is 0 Å². The number of nitrogens with zero attached hydrogens (tertiary/aromatic N) is 2. The maximum Gasteiger partial charge on any atom is 0.0952 e. The van der Waals surface area contributed by atoms with Crippen LogP contribution in [0.1, 0.15) is 11.6 Å². The summed E-state index contributed by atoms with van der Waals surface area (Å²) in [5.74, 6) is 0. The quantitative estimate of drug-likeness (QED) is 0.918. The number of aliphatic hydroxyl groups is 1. The van der Waals surface area contributed by atoms with Crippen molar-refractivity contribution >= 4 is 23.2 Å². The first-order valence-corrected chi connectivity index (χ1v) is 5.51. The van der Waals surface area contributed by atoms with E-state index in [1.54, 1.807) is 35.4 Å². The zero-order valence-electron chi connectivity index (χ0n) is 8.35. The molecule has 84 valence electrons. The third-order valence-electron chi connectivity index (χ3n) is 2.38. The molecule has 0 unspecified atom stereocenters. The van der Waals surface area contributed by atoms with Gasteiger partial charge in [-0.25, -0.2) is 4.98 Å². The maximum absolute atomic E-state index is 9.40. The number of rotatable bonds is 3. The lowest BCUT2D eigenvalue weighted by Gasteiger charge is -2.17. The van der Waals surface area contributed by atoms with Gasteiger partial charge in [-0.2, -0.15) is 0 Å². The maximum atomic E-state index is 9.40. The van der Waals surface area contributed by atoms with Crippen molar-refractivity contribution in [2.45, 2.75) is 6.04 Å². The summed E-state index contributed by atoms with van der Waals surface area (Å²) in [6.07, 6.45) is 5.09. The first kappa shape index (κ1) is 11.5. The second-order valence-electron chi connectivity index (χ2n) is 3.37. The Bertz CT molecular complexity index is 471. The Balaban J connectivity index is 2.41. The van der Waals surface area contributed by atoms with Crippen LogP contribution in [0.5, 0.6) is 0 Å². The predicted octanol–water partition coefficient (Wildman–Crippen LogP) is 2.77. The molecular weight excluding hydrogens is 247 g/mol. The second kappa shape index (κ2) is 4.87. The van der Waals surface area contributed by atoms with Gasteiger partial charge in [-0.15, -0.1) is 0 Å². The van der Waals surface area contributed by atoms with Crippen LogP contribution in [0.3, 0.4) is 0 Å². The third-order valence-corrected chi connectivity index (χ3v) is 2.94. The standard InChI is InChI=1S/C11H10Cl2N2O/c12-8-1-2-9(10(13)5-8)11(6-16)15-4-3-14-7-15/h1-5,7,11,16H,6H2/t11-/m1/s1. The van der Waals surface area contributed by atoms with E-state index in [-0.39, 0.29) is 12.6 Å². The molecule has 1 aromatic heterocycles. The van der Waals surface area contributed by atoms with Gasteiger partial charge in [-0.05, 0) is 17.7 Å². The Kier molecular flexibility index (Phi) is 3.49. The van der Waals surface area contributed by atoms with Gasteiger partial charge in [-0.3, -0.25) is 0 Å². The van der Waals surface area contributed by atoms with Gasteiger partial charge in [0.2, 0.25) is 0 Å². The molecule has 0 amide bonds. The first-order chi connectivity index (χ1) is 7.72. The van der Waals surface area contributed by atoms with Crippen molar-refractivity contribution < 1.29 is 5.11 Å². The lowest BCUT2D eigenvalue weighted by Crippen LogP contribution is -2.13. The Morgan fingerprint density at radius 2 is 2.19 bits per heavy atom. The van der Waals surface area contributed by atoms with E-state index >= 15 is 0 Å². The molecule has 2 rings (SSSR count). The molecule has 16 heavy (non-hydrogen) atoms. The van der Waals surface area contributed by atoms with Crippen molar-refractivity contribution in [3.8, 4) is 0 Å². The molecule has 0 aliphatic heterocycles. The van der Waals surface area contributed by atoms with Crippen LogP contribution < -0.4 is 0 Å². The molecule has 5 heteroatoms. The summed E-state index contributed by atoms with van der Waals surface area (Å²) in [4.78, 5) is 3.95. The molecule has 0 aliphatic rings. The molecule has 1 atom stereocenters. The Labute approximate surface area is 103 Å². The van der Waals surface area contributed by atoms with Crippen molar-refractivity contribution in [3.63, 3.8) is 0 Å². The molecule has 1 heterocycles. The minimum absolute atomic E-state index is 0.0439.